The molecule has 0 radical (unpaired) electrons. The van der Waals surface area contributed by atoms with Crippen molar-refractivity contribution >= 4 is 11.7 Å². The molecule has 1 aliphatic carbocycles. The van der Waals surface area contributed by atoms with Crippen molar-refractivity contribution in [3.05, 3.63) is 24.4 Å². The molecule has 0 aromatic carbocycles. The Balaban J connectivity index is 1.69. The summed E-state index contributed by atoms with van der Waals surface area (Å²) in [4.78, 5) is 21.0. The lowest BCUT2D eigenvalue weighted by Gasteiger charge is -2.31. The number of likely N-dealkylation sites (tertiary alicyclic amines) is 1. The lowest BCUT2D eigenvalue weighted by Crippen LogP contribution is -2.45. The fourth-order valence-corrected chi connectivity index (χ4v) is 3.37. The molecule has 4 heteroatoms. The van der Waals surface area contributed by atoms with Gasteiger partial charge in [-0.3, -0.25) is 9.69 Å². The maximum absolute atomic E-state index is 12.3. The zero-order valence-electron chi connectivity index (χ0n) is 12.3. The minimum atomic E-state index is 0.153. The van der Waals surface area contributed by atoms with Gasteiger partial charge in [0.2, 0.25) is 5.91 Å². The summed E-state index contributed by atoms with van der Waals surface area (Å²) in [5, 5.41) is 0. The van der Waals surface area contributed by atoms with Crippen molar-refractivity contribution in [3.63, 3.8) is 0 Å². The maximum Gasteiger partial charge on any atom is 0.228 e. The van der Waals surface area contributed by atoms with Crippen LogP contribution in [0.5, 0.6) is 0 Å². The van der Waals surface area contributed by atoms with Crippen LogP contribution in [0.25, 0.3) is 0 Å². The van der Waals surface area contributed by atoms with Crippen molar-refractivity contribution in [2.45, 2.75) is 32.7 Å². The Hall–Kier alpha value is -1.42. The molecule has 3 atom stereocenters. The molecule has 20 heavy (non-hydrogen) atoms. The van der Waals surface area contributed by atoms with Crippen molar-refractivity contribution in [2.24, 2.45) is 11.8 Å². The van der Waals surface area contributed by atoms with Crippen LogP contribution in [0.15, 0.2) is 24.4 Å². The van der Waals surface area contributed by atoms with Gasteiger partial charge in [-0.05, 0) is 37.3 Å². The van der Waals surface area contributed by atoms with Crippen LogP contribution >= 0.6 is 0 Å². The highest BCUT2D eigenvalue weighted by molar-refractivity contribution is 5.92. The van der Waals surface area contributed by atoms with E-state index in [9.17, 15) is 4.79 Å². The highest BCUT2D eigenvalue weighted by atomic mass is 16.2. The quantitative estimate of drug-likeness (QED) is 0.825. The number of carbonyl (C=O) groups is 1. The first-order valence-corrected chi connectivity index (χ1v) is 7.64. The molecule has 1 saturated heterocycles. The average molecular weight is 273 g/mol. The van der Waals surface area contributed by atoms with Gasteiger partial charge in [0.1, 0.15) is 5.82 Å². The smallest absolute Gasteiger partial charge is 0.228 e. The van der Waals surface area contributed by atoms with Crippen molar-refractivity contribution in [3.8, 4) is 0 Å². The number of amides is 1. The molecule has 1 amide bonds. The Morgan fingerprint density at radius 2 is 2.20 bits per heavy atom. The van der Waals surface area contributed by atoms with Crippen molar-refractivity contribution in [1.82, 2.24) is 9.88 Å². The molecule has 1 aromatic rings. The largest absolute Gasteiger partial charge is 0.301 e. The van der Waals surface area contributed by atoms with Gasteiger partial charge in [0, 0.05) is 38.3 Å². The second kappa shape index (κ2) is 5.52. The van der Waals surface area contributed by atoms with E-state index in [1.165, 1.54) is 19.5 Å². The SMILES string of the molecule is CCC(=O)N(c1ccccn1)C(C)CN1CC2CC2C1. The van der Waals surface area contributed by atoms with Crippen LogP contribution in [-0.2, 0) is 4.79 Å². The van der Waals surface area contributed by atoms with Gasteiger partial charge in [-0.2, -0.15) is 0 Å². The highest BCUT2D eigenvalue weighted by Gasteiger charge is 2.45. The van der Waals surface area contributed by atoms with Crippen LogP contribution in [0.3, 0.4) is 0 Å². The maximum atomic E-state index is 12.3. The molecule has 1 aromatic heterocycles. The summed E-state index contributed by atoms with van der Waals surface area (Å²) in [7, 11) is 0. The molecule has 4 nitrogen and oxygen atoms in total. The molecule has 108 valence electrons. The number of aromatic nitrogens is 1. The number of fused-ring (bicyclic) bond motifs is 1. The van der Waals surface area contributed by atoms with E-state index in [1.807, 2.05) is 30.0 Å². The third kappa shape index (κ3) is 2.70. The summed E-state index contributed by atoms with van der Waals surface area (Å²) < 4.78 is 0. The molecule has 1 aliphatic heterocycles. The number of hydrogen-bond donors (Lipinski definition) is 0. The lowest BCUT2D eigenvalue weighted by molar-refractivity contribution is -0.118. The monoisotopic (exact) mass is 273 g/mol. The standard InChI is InChI=1S/C16H23N3O/c1-3-16(20)19(15-6-4-5-7-17-15)12(2)9-18-10-13-8-14(13)11-18/h4-7,12-14H,3,8-11H2,1-2H3. The molecule has 0 N–H and O–H groups in total. The van der Waals surface area contributed by atoms with Gasteiger partial charge in [-0.15, -0.1) is 0 Å². The third-order valence-electron chi connectivity index (χ3n) is 4.48. The Labute approximate surface area is 120 Å². The number of nitrogens with zero attached hydrogens (tertiary/aromatic N) is 3. The summed E-state index contributed by atoms with van der Waals surface area (Å²) in [6.07, 6.45) is 3.69. The van der Waals surface area contributed by atoms with E-state index in [2.05, 4.69) is 16.8 Å². The topological polar surface area (TPSA) is 36.4 Å². The van der Waals surface area contributed by atoms with Gasteiger partial charge in [0.05, 0.1) is 0 Å². The van der Waals surface area contributed by atoms with Crippen LogP contribution < -0.4 is 4.90 Å². The fourth-order valence-electron chi connectivity index (χ4n) is 3.37. The number of hydrogen-bond acceptors (Lipinski definition) is 3. The van der Waals surface area contributed by atoms with E-state index in [0.29, 0.717) is 6.42 Å². The number of piperidine rings is 1. The molecular formula is C16H23N3O. The lowest BCUT2D eigenvalue weighted by atomic mass is 10.2. The number of rotatable bonds is 5. The van der Waals surface area contributed by atoms with Crippen LogP contribution in [0.1, 0.15) is 26.7 Å². The van der Waals surface area contributed by atoms with Crippen LogP contribution in [0, 0.1) is 11.8 Å². The first kappa shape index (κ1) is 13.6. The van der Waals surface area contributed by atoms with Crippen LogP contribution in [0.2, 0.25) is 0 Å². The normalized spacial score (nSPS) is 26.1. The highest BCUT2D eigenvalue weighted by Crippen LogP contribution is 2.44. The Bertz CT molecular complexity index is 466. The number of anilines is 1. The summed E-state index contributed by atoms with van der Waals surface area (Å²) in [6.45, 7) is 7.42. The van der Waals surface area contributed by atoms with Gasteiger partial charge in [-0.25, -0.2) is 4.98 Å². The van der Waals surface area contributed by atoms with E-state index < -0.39 is 0 Å². The average Bonchev–Trinajstić information content (AvgIpc) is 3.07. The third-order valence-corrected chi connectivity index (χ3v) is 4.48. The summed E-state index contributed by atoms with van der Waals surface area (Å²) in [5.74, 6) is 2.80. The van der Waals surface area contributed by atoms with E-state index in [-0.39, 0.29) is 11.9 Å². The van der Waals surface area contributed by atoms with E-state index in [1.54, 1.807) is 6.20 Å². The molecule has 2 heterocycles. The van der Waals surface area contributed by atoms with E-state index in [4.69, 9.17) is 0 Å². The van der Waals surface area contributed by atoms with Gasteiger partial charge in [-0.1, -0.05) is 13.0 Å². The number of carbonyl (C=O) groups excluding carboxylic acids is 1. The summed E-state index contributed by atoms with van der Waals surface area (Å²) >= 11 is 0. The van der Waals surface area contributed by atoms with Gasteiger partial charge in [0.15, 0.2) is 0 Å². The Morgan fingerprint density at radius 3 is 2.80 bits per heavy atom. The Morgan fingerprint density at radius 1 is 1.45 bits per heavy atom. The second-order valence-electron chi connectivity index (χ2n) is 6.13. The molecule has 3 rings (SSSR count). The van der Waals surface area contributed by atoms with Gasteiger partial charge < -0.3 is 4.90 Å². The Kier molecular flexibility index (Phi) is 3.74. The zero-order valence-corrected chi connectivity index (χ0v) is 12.3. The predicted molar refractivity (Wildman–Crippen MR) is 79.5 cm³/mol. The molecule has 2 aliphatic rings. The molecule has 2 fully saturated rings. The minimum Gasteiger partial charge on any atom is -0.301 e. The van der Waals surface area contributed by atoms with Crippen LogP contribution in [0.4, 0.5) is 5.82 Å². The molecular weight excluding hydrogens is 250 g/mol. The van der Waals surface area contributed by atoms with Gasteiger partial charge >= 0.3 is 0 Å². The van der Waals surface area contributed by atoms with Crippen molar-refractivity contribution < 1.29 is 4.79 Å². The minimum absolute atomic E-state index is 0.153. The summed E-state index contributed by atoms with van der Waals surface area (Å²) in [5.41, 5.74) is 0. The zero-order chi connectivity index (χ0) is 14.1. The van der Waals surface area contributed by atoms with Gasteiger partial charge in [0.25, 0.3) is 0 Å². The van der Waals surface area contributed by atoms with Crippen molar-refractivity contribution in [2.75, 3.05) is 24.5 Å². The first-order valence-electron chi connectivity index (χ1n) is 7.64. The fraction of sp³-hybridized carbons (Fsp3) is 0.625. The molecule has 3 unspecified atom stereocenters. The second-order valence-corrected chi connectivity index (χ2v) is 6.13. The van der Waals surface area contributed by atoms with Crippen molar-refractivity contribution in [1.29, 1.82) is 0 Å². The predicted octanol–water partition coefficient (Wildman–Crippen LogP) is 2.16. The first-order chi connectivity index (χ1) is 9.69. The molecule has 0 spiro atoms. The number of pyridine rings is 1. The van der Waals surface area contributed by atoms with E-state index >= 15 is 0 Å². The summed E-state index contributed by atoms with van der Waals surface area (Å²) in [6, 6.07) is 5.92. The van der Waals surface area contributed by atoms with Crippen LogP contribution in [-0.4, -0.2) is 41.5 Å². The molecule has 1 saturated carbocycles. The molecule has 0 bridgehead atoms. The van der Waals surface area contributed by atoms with E-state index in [0.717, 1.165) is 24.2 Å².